The van der Waals surface area contributed by atoms with Crippen LogP contribution in [0.1, 0.15) is 53.9 Å². The SMILES string of the molecule is O=C(c1ccccc1F)N1CCN(c2nc3nccc(-c4ccc(C5CCCCC5)cc4)n3n2)CC1. The summed E-state index contributed by atoms with van der Waals surface area (Å²) in [5.41, 5.74) is 3.56. The molecule has 4 aromatic rings. The predicted molar refractivity (Wildman–Crippen MR) is 137 cm³/mol. The number of aromatic nitrogens is 4. The molecule has 1 amide bonds. The molecule has 0 atom stereocenters. The number of hydrogen-bond donors (Lipinski definition) is 0. The van der Waals surface area contributed by atoms with Gasteiger partial charge in [-0.05, 0) is 42.5 Å². The summed E-state index contributed by atoms with van der Waals surface area (Å²) in [6, 6.07) is 16.9. The molecule has 1 saturated heterocycles. The maximum atomic E-state index is 14.1. The first kappa shape index (κ1) is 22.6. The fraction of sp³-hybridized carbons (Fsp3) is 0.357. The van der Waals surface area contributed by atoms with E-state index in [2.05, 4.69) is 39.1 Å². The quantitative estimate of drug-likeness (QED) is 0.411. The molecule has 2 aliphatic rings. The molecule has 1 aliphatic carbocycles. The second-order valence-electron chi connectivity index (χ2n) is 9.67. The molecular weight excluding hydrogens is 455 g/mol. The molecule has 184 valence electrons. The topological polar surface area (TPSA) is 66.6 Å². The zero-order valence-electron chi connectivity index (χ0n) is 20.2. The van der Waals surface area contributed by atoms with E-state index < -0.39 is 5.82 Å². The number of halogens is 1. The normalized spacial score (nSPS) is 17.0. The molecule has 2 aromatic carbocycles. The zero-order chi connectivity index (χ0) is 24.5. The van der Waals surface area contributed by atoms with Crippen molar-refractivity contribution in [2.24, 2.45) is 0 Å². The zero-order valence-corrected chi connectivity index (χ0v) is 20.2. The van der Waals surface area contributed by atoms with E-state index in [1.54, 1.807) is 27.7 Å². The van der Waals surface area contributed by atoms with Crippen LogP contribution in [0.3, 0.4) is 0 Å². The summed E-state index contributed by atoms with van der Waals surface area (Å²) in [4.78, 5) is 25.6. The highest BCUT2D eigenvalue weighted by atomic mass is 19.1. The summed E-state index contributed by atoms with van der Waals surface area (Å²) in [6.07, 6.45) is 8.34. The lowest BCUT2D eigenvalue weighted by molar-refractivity contribution is 0.0741. The predicted octanol–water partition coefficient (Wildman–Crippen LogP) is 4.94. The average molecular weight is 485 g/mol. The molecule has 0 bridgehead atoms. The number of anilines is 1. The number of carbonyl (C=O) groups is 1. The molecule has 0 unspecified atom stereocenters. The van der Waals surface area contributed by atoms with E-state index in [-0.39, 0.29) is 11.5 Å². The number of fused-ring (bicyclic) bond motifs is 1. The van der Waals surface area contributed by atoms with Gasteiger partial charge in [0.15, 0.2) is 0 Å². The van der Waals surface area contributed by atoms with Crippen molar-refractivity contribution in [1.82, 2.24) is 24.5 Å². The molecule has 3 heterocycles. The first-order chi connectivity index (χ1) is 17.7. The van der Waals surface area contributed by atoms with Crippen LogP contribution < -0.4 is 4.90 Å². The van der Waals surface area contributed by atoms with E-state index in [1.165, 1.54) is 49.8 Å². The molecule has 8 heteroatoms. The van der Waals surface area contributed by atoms with Crippen LogP contribution in [0, 0.1) is 5.82 Å². The number of rotatable bonds is 4. The van der Waals surface area contributed by atoms with Gasteiger partial charge < -0.3 is 9.80 Å². The summed E-state index contributed by atoms with van der Waals surface area (Å²) in [7, 11) is 0. The fourth-order valence-electron chi connectivity index (χ4n) is 5.41. The first-order valence-corrected chi connectivity index (χ1v) is 12.8. The molecule has 6 rings (SSSR count). The number of amides is 1. The number of hydrogen-bond acceptors (Lipinski definition) is 5. The largest absolute Gasteiger partial charge is 0.336 e. The molecule has 1 aliphatic heterocycles. The number of nitrogens with zero attached hydrogens (tertiary/aromatic N) is 6. The lowest BCUT2D eigenvalue weighted by Gasteiger charge is -2.34. The summed E-state index contributed by atoms with van der Waals surface area (Å²) in [5, 5.41) is 4.77. The van der Waals surface area contributed by atoms with Crippen molar-refractivity contribution in [3.63, 3.8) is 0 Å². The Hall–Kier alpha value is -3.81. The lowest BCUT2D eigenvalue weighted by atomic mass is 9.84. The standard InChI is InChI=1S/C28H29FN6O/c29-24-9-5-4-8-23(24)26(36)33-16-18-34(19-17-33)28-31-27-30-15-14-25(35(27)32-28)22-12-10-21(11-13-22)20-6-2-1-3-7-20/h4-5,8-15,20H,1-3,6-7,16-19H2. The van der Waals surface area contributed by atoms with Crippen LogP contribution in [0.25, 0.3) is 17.0 Å². The highest BCUT2D eigenvalue weighted by molar-refractivity contribution is 5.94. The van der Waals surface area contributed by atoms with Gasteiger partial charge in [0.1, 0.15) is 5.82 Å². The Morgan fingerprint density at radius 2 is 1.64 bits per heavy atom. The summed E-state index contributed by atoms with van der Waals surface area (Å²) in [5.74, 6) is 1.04. The van der Waals surface area contributed by atoms with E-state index in [1.807, 2.05) is 6.07 Å². The van der Waals surface area contributed by atoms with Crippen molar-refractivity contribution < 1.29 is 9.18 Å². The molecule has 7 nitrogen and oxygen atoms in total. The van der Waals surface area contributed by atoms with Crippen molar-refractivity contribution in [3.05, 3.63) is 77.7 Å². The second-order valence-corrected chi connectivity index (χ2v) is 9.67. The van der Waals surface area contributed by atoms with Crippen molar-refractivity contribution in [2.75, 3.05) is 31.1 Å². The van der Waals surface area contributed by atoms with Gasteiger partial charge in [-0.25, -0.2) is 9.37 Å². The molecule has 36 heavy (non-hydrogen) atoms. The van der Waals surface area contributed by atoms with Gasteiger partial charge in [0.05, 0.1) is 11.3 Å². The van der Waals surface area contributed by atoms with Crippen LogP contribution in [0.5, 0.6) is 0 Å². The van der Waals surface area contributed by atoms with Crippen molar-refractivity contribution in [3.8, 4) is 11.3 Å². The fourth-order valence-corrected chi connectivity index (χ4v) is 5.41. The van der Waals surface area contributed by atoms with Crippen LogP contribution in [0.4, 0.5) is 10.3 Å². The van der Waals surface area contributed by atoms with Gasteiger partial charge in [-0.15, -0.1) is 5.10 Å². The Morgan fingerprint density at radius 1 is 0.889 bits per heavy atom. The third-order valence-corrected chi connectivity index (χ3v) is 7.47. The molecule has 0 N–H and O–H groups in total. The Bertz CT molecular complexity index is 1370. The minimum atomic E-state index is -0.489. The Morgan fingerprint density at radius 3 is 2.39 bits per heavy atom. The first-order valence-electron chi connectivity index (χ1n) is 12.8. The van der Waals surface area contributed by atoms with E-state index in [4.69, 9.17) is 5.10 Å². The van der Waals surface area contributed by atoms with Gasteiger partial charge in [-0.2, -0.15) is 9.50 Å². The van der Waals surface area contributed by atoms with Gasteiger partial charge in [0, 0.05) is 37.9 Å². The minimum absolute atomic E-state index is 0.111. The highest BCUT2D eigenvalue weighted by Gasteiger charge is 2.26. The monoisotopic (exact) mass is 484 g/mol. The van der Waals surface area contributed by atoms with Crippen molar-refractivity contribution >= 4 is 17.6 Å². The van der Waals surface area contributed by atoms with Crippen LogP contribution in [-0.4, -0.2) is 56.6 Å². The molecule has 0 radical (unpaired) electrons. The summed E-state index contributed by atoms with van der Waals surface area (Å²) in [6.45, 7) is 2.10. The molecule has 2 fully saturated rings. The number of carbonyl (C=O) groups excluding carboxylic acids is 1. The Labute approximate surface area is 209 Å². The van der Waals surface area contributed by atoms with E-state index in [0.717, 1.165) is 11.3 Å². The third kappa shape index (κ3) is 4.32. The lowest BCUT2D eigenvalue weighted by Crippen LogP contribution is -2.49. The second kappa shape index (κ2) is 9.68. The number of piperazine rings is 1. The van der Waals surface area contributed by atoms with Crippen LogP contribution in [0.15, 0.2) is 60.8 Å². The number of benzene rings is 2. The molecular formula is C28H29FN6O. The Kier molecular flexibility index (Phi) is 6.09. The minimum Gasteiger partial charge on any atom is -0.336 e. The van der Waals surface area contributed by atoms with Gasteiger partial charge >= 0.3 is 0 Å². The highest BCUT2D eigenvalue weighted by Crippen LogP contribution is 2.33. The Balaban J connectivity index is 1.19. The average Bonchev–Trinajstić information content (AvgIpc) is 3.38. The van der Waals surface area contributed by atoms with Crippen molar-refractivity contribution in [2.45, 2.75) is 38.0 Å². The summed E-state index contributed by atoms with van der Waals surface area (Å²) < 4.78 is 15.9. The van der Waals surface area contributed by atoms with Gasteiger partial charge in [0.25, 0.3) is 11.7 Å². The molecule has 2 aromatic heterocycles. The van der Waals surface area contributed by atoms with Crippen molar-refractivity contribution in [1.29, 1.82) is 0 Å². The smallest absolute Gasteiger partial charge is 0.256 e. The molecule has 0 spiro atoms. The summed E-state index contributed by atoms with van der Waals surface area (Å²) >= 11 is 0. The maximum Gasteiger partial charge on any atom is 0.256 e. The van der Waals surface area contributed by atoms with Gasteiger partial charge in [0.2, 0.25) is 5.95 Å². The van der Waals surface area contributed by atoms with E-state index >= 15 is 0 Å². The third-order valence-electron chi connectivity index (χ3n) is 7.47. The van der Waals surface area contributed by atoms with E-state index in [0.29, 0.717) is 43.8 Å². The van der Waals surface area contributed by atoms with E-state index in [9.17, 15) is 9.18 Å². The van der Waals surface area contributed by atoms with Crippen LogP contribution in [0.2, 0.25) is 0 Å². The van der Waals surface area contributed by atoms with Gasteiger partial charge in [-0.3, -0.25) is 4.79 Å². The molecule has 1 saturated carbocycles. The van der Waals surface area contributed by atoms with Crippen LogP contribution in [-0.2, 0) is 0 Å². The maximum absolute atomic E-state index is 14.1. The van der Waals surface area contributed by atoms with Crippen LogP contribution >= 0.6 is 0 Å². The van der Waals surface area contributed by atoms with Gasteiger partial charge in [-0.1, -0.05) is 55.7 Å².